The molecule has 1 aliphatic carbocycles. The van der Waals surface area contributed by atoms with Crippen LogP contribution >= 0.6 is 0 Å². The molecule has 0 spiro atoms. The number of nitrogens with one attached hydrogen (secondary N) is 1. The zero-order valence-electron chi connectivity index (χ0n) is 23.7. The number of esters is 1. The van der Waals surface area contributed by atoms with Crippen LogP contribution in [0.1, 0.15) is 49.7 Å². The molecular formula is C30H41N3O6S. The largest absolute Gasteiger partial charge is 0.490 e. The molecule has 0 aromatic heterocycles. The maximum atomic E-state index is 13.8. The average Bonchev–Trinajstić information content (AvgIpc) is 3.45. The first kappa shape index (κ1) is 30.0. The van der Waals surface area contributed by atoms with E-state index >= 15 is 0 Å². The van der Waals surface area contributed by atoms with E-state index in [1.54, 1.807) is 24.3 Å². The van der Waals surface area contributed by atoms with Gasteiger partial charge in [0.2, 0.25) is 15.9 Å². The van der Waals surface area contributed by atoms with E-state index < -0.39 is 33.5 Å². The highest BCUT2D eigenvalue weighted by Crippen LogP contribution is 2.37. The van der Waals surface area contributed by atoms with Crippen LogP contribution in [0.2, 0.25) is 0 Å². The van der Waals surface area contributed by atoms with Crippen molar-refractivity contribution in [1.82, 2.24) is 14.5 Å². The van der Waals surface area contributed by atoms with Gasteiger partial charge in [0.05, 0.1) is 12.9 Å². The summed E-state index contributed by atoms with van der Waals surface area (Å²) in [5, 5.41) is 2.84. The van der Waals surface area contributed by atoms with Crippen molar-refractivity contribution in [3.05, 3.63) is 65.7 Å². The number of methoxy groups -OCH3 is 1. The topological polar surface area (TPSA) is 105 Å². The number of nitrogens with zero attached hydrogens (tertiary/aromatic N) is 2. The molecule has 40 heavy (non-hydrogen) atoms. The number of likely N-dealkylation sites (tertiary alicyclic amines) is 1. The van der Waals surface area contributed by atoms with E-state index in [9.17, 15) is 18.0 Å². The maximum absolute atomic E-state index is 13.8. The van der Waals surface area contributed by atoms with Gasteiger partial charge in [-0.15, -0.1) is 0 Å². The summed E-state index contributed by atoms with van der Waals surface area (Å²) in [6.45, 7) is 2.01. The monoisotopic (exact) mass is 571 g/mol. The normalized spacial score (nSPS) is 18.8. The van der Waals surface area contributed by atoms with Gasteiger partial charge in [0, 0.05) is 26.6 Å². The van der Waals surface area contributed by atoms with Crippen molar-refractivity contribution in [1.29, 1.82) is 0 Å². The number of carbonyl (C=O) groups is 2. The van der Waals surface area contributed by atoms with Gasteiger partial charge in [-0.05, 0) is 56.0 Å². The van der Waals surface area contributed by atoms with Gasteiger partial charge in [0.1, 0.15) is 23.4 Å². The standard InChI is InChI=1S/C30H41N3O6S/c1-32-19-15-26(16-20-32)39-25-13-11-23(12-14-25)21-27(28(34)38-3)31-29(35)30(17-7-8-18-30)33(2)40(36,37)22-24-9-5-4-6-10-24/h4-6,9-14,26-27H,7-8,15-22H2,1-3H3,(H,31,35)/t27-/m0/s1. The van der Waals surface area contributed by atoms with Gasteiger partial charge in [-0.1, -0.05) is 55.3 Å². The quantitative estimate of drug-likeness (QED) is 0.413. The number of benzene rings is 2. The van der Waals surface area contributed by atoms with Crippen molar-refractivity contribution in [2.24, 2.45) is 0 Å². The van der Waals surface area contributed by atoms with Gasteiger partial charge < -0.3 is 19.7 Å². The summed E-state index contributed by atoms with van der Waals surface area (Å²) in [5.41, 5.74) is 0.224. The number of carbonyl (C=O) groups excluding carboxylic acids is 2. The molecule has 4 rings (SSSR count). The highest BCUT2D eigenvalue weighted by Gasteiger charge is 2.50. The molecule has 1 saturated carbocycles. The third kappa shape index (κ3) is 7.21. The molecule has 9 nitrogen and oxygen atoms in total. The van der Waals surface area contributed by atoms with E-state index in [2.05, 4.69) is 17.3 Å². The molecule has 2 fully saturated rings. The Labute approximate surface area is 237 Å². The van der Waals surface area contributed by atoms with E-state index in [1.165, 1.54) is 18.5 Å². The summed E-state index contributed by atoms with van der Waals surface area (Å²) >= 11 is 0. The molecule has 1 atom stereocenters. The Kier molecular flexibility index (Phi) is 9.86. The number of ether oxygens (including phenoxy) is 2. The fourth-order valence-corrected chi connectivity index (χ4v) is 7.26. The summed E-state index contributed by atoms with van der Waals surface area (Å²) in [7, 11) is 1.06. The van der Waals surface area contributed by atoms with Gasteiger partial charge in [-0.3, -0.25) is 4.79 Å². The van der Waals surface area contributed by atoms with Gasteiger partial charge in [0.25, 0.3) is 0 Å². The van der Waals surface area contributed by atoms with Crippen LogP contribution in [0.15, 0.2) is 54.6 Å². The second-order valence-electron chi connectivity index (χ2n) is 11.0. The lowest BCUT2D eigenvalue weighted by molar-refractivity contribution is -0.146. The second kappa shape index (κ2) is 13.1. The summed E-state index contributed by atoms with van der Waals surface area (Å²) < 4.78 is 39.1. The van der Waals surface area contributed by atoms with Crippen LogP contribution in [0.3, 0.4) is 0 Å². The van der Waals surface area contributed by atoms with Crippen LogP contribution in [0.5, 0.6) is 5.75 Å². The maximum Gasteiger partial charge on any atom is 0.328 e. The third-order valence-electron chi connectivity index (χ3n) is 8.19. The molecule has 0 radical (unpaired) electrons. The molecule has 1 saturated heterocycles. The van der Waals surface area contributed by atoms with Crippen molar-refractivity contribution in [3.63, 3.8) is 0 Å². The van der Waals surface area contributed by atoms with E-state index in [1.807, 2.05) is 30.3 Å². The lowest BCUT2D eigenvalue weighted by Gasteiger charge is -2.37. The Morgan fingerprint density at radius 2 is 1.65 bits per heavy atom. The highest BCUT2D eigenvalue weighted by molar-refractivity contribution is 7.88. The predicted molar refractivity (Wildman–Crippen MR) is 153 cm³/mol. The Balaban J connectivity index is 1.45. The molecule has 218 valence electrons. The second-order valence-corrected chi connectivity index (χ2v) is 13.0. The number of piperidine rings is 1. The van der Waals surface area contributed by atoms with Crippen LogP contribution in [-0.2, 0) is 36.5 Å². The van der Waals surface area contributed by atoms with Gasteiger partial charge in [0.15, 0.2) is 0 Å². The van der Waals surface area contributed by atoms with Crippen molar-refractivity contribution in [2.75, 3.05) is 34.3 Å². The molecule has 1 amide bonds. The number of amides is 1. The summed E-state index contributed by atoms with van der Waals surface area (Å²) in [5.74, 6) is -0.483. The molecule has 1 heterocycles. The summed E-state index contributed by atoms with van der Waals surface area (Å²) in [6.07, 6.45) is 4.57. The number of hydrogen-bond acceptors (Lipinski definition) is 7. The van der Waals surface area contributed by atoms with Crippen LogP contribution in [0, 0.1) is 0 Å². The zero-order valence-corrected chi connectivity index (χ0v) is 24.5. The lowest BCUT2D eigenvalue weighted by Crippen LogP contribution is -2.60. The Morgan fingerprint density at radius 1 is 1.02 bits per heavy atom. The van der Waals surface area contributed by atoms with E-state index in [0.29, 0.717) is 18.4 Å². The molecule has 0 unspecified atom stereocenters. The van der Waals surface area contributed by atoms with Crippen LogP contribution in [0.25, 0.3) is 0 Å². The third-order valence-corrected chi connectivity index (χ3v) is 10.1. The first-order chi connectivity index (χ1) is 19.1. The Morgan fingerprint density at radius 3 is 2.25 bits per heavy atom. The Hall–Kier alpha value is -2.95. The van der Waals surface area contributed by atoms with Crippen LogP contribution in [-0.4, -0.2) is 81.5 Å². The predicted octanol–water partition coefficient (Wildman–Crippen LogP) is 3.13. The molecular weight excluding hydrogens is 530 g/mol. The Bertz CT molecular complexity index is 1240. The van der Waals surface area contributed by atoms with Gasteiger partial charge >= 0.3 is 5.97 Å². The smallest absolute Gasteiger partial charge is 0.328 e. The fourth-order valence-electron chi connectivity index (χ4n) is 5.66. The number of sulfonamides is 1. The summed E-state index contributed by atoms with van der Waals surface area (Å²) in [6, 6.07) is 15.5. The molecule has 10 heteroatoms. The average molecular weight is 572 g/mol. The first-order valence-electron chi connectivity index (χ1n) is 14.0. The summed E-state index contributed by atoms with van der Waals surface area (Å²) in [4.78, 5) is 28.8. The van der Waals surface area contributed by atoms with Crippen molar-refractivity contribution in [3.8, 4) is 5.75 Å². The molecule has 2 aromatic rings. The van der Waals surface area contributed by atoms with Crippen molar-refractivity contribution >= 4 is 21.9 Å². The minimum absolute atomic E-state index is 0.182. The van der Waals surface area contributed by atoms with Crippen LogP contribution < -0.4 is 10.1 Å². The van der Waals surface area contributed by atoms with Gasteiger partial charge in [-0.25, -0.2) is 13.2 Å². The van der Waals surface area contributed by atoms with E-state index in [-0.39, 0.29) is 18.3 Å². The minimum atomic E-state index is -3.80. The minimum Gasteiger partial charge on any atom is -0.490 e. The fraction of sp³-hybridized carbons (Fsp3) is 0.533. The first-order valence-corrected chi connectivity index (χ1v) is 15.6. The molecule has 1 N–H and O–H groups in total. The number of rotatable bonds is 11. The van der Waals surface area contributed by atoms with E-state index in [4.69, 9.17) is 9.47 Å². The molecule has 1 aliphatic heterocycles. The zero-order chi connectivity index (χ0) is 28.8. The molecule has 2 aliphatic rings. The molecule has 0 bridgehead atoms. The van der Waals surface area contributed by atoms with Crippen LogP contribution in [0.4, 0.5) is 0 Å². The van der Waals surface area contributed by atoms with Crippen molar-refractivity contribution in [2.45, 2.75) is 68.4 Å². The number of hydrogen-bond donors (Lipinski definition) is 1. The van der Waals surface area contributed by atoms with Gasteiger partial charge in [-0.2, -0.15) is 4.31 Å². The SMILES string of the molecule is COC(=O)[C@H](Cc1ccc(OC2CCN(C)CC2)cc1)NC(=O)C1(N(C)S(=O)(=O)Cc2ccccc2)CCCC1. The molecule has 2 aromatic carbocycles. The lowest BCUT2D eigenvalue weighted by atomic mass is 9.95. The number of likely N-dealkylation sites (N-methyl/N-ethyl adjacent to an activating group) is 1. The van der Waals surface area contributed by atoms with Crippen molar-refractivity contribution < 1.29 is 27.5 Å². The van der Waals surface area contributed by atoms with E-state index in [0.717, 1.165) is 50.1 Å². The highest BCUT2D eigenvalue weighted by atomic mass is 32.2.